The molecule has 4 aliphatic rings. The molecule has 2 heterocycles. The summed E-state index contributed by atoms with van der Waals surface area (Å²) in [4.78, 5) is 15.1. The maximum absolute atomic E-state index is 12.9. The predicted molar refractivity (Wildman–Crippen MR) is 112 cm³/mol. The first-order chi connectivity index (χ1) is 14.5. The Morgan fingerprint density at radius 2 is 1.77 bits per heavy atom. The molecule has 2 aliphatic heterocycles. The minimum absolute atomic E-state index is 0.00810. The molecule has 2 aliphatic carbocycles. The Balaban J connectivity index is 1.40. The Labute approximate surface area is 175 Å². The number of rotatable bonds is 2. The van der Waals surface area contributed by atoms with E-state index in [0.29, 0.717) is 11.1 Å². The number of hydrogen-bond donors (Lipinski definition) is 2. The molecule has 30 heavy (non-hydrogen) atoms. The van der Waals surface area contributed by atoms with Crippen LogP contribution >= 0.6 is 0 Å². The van der Waals surface area contributed by atoms with E-state index in [-0.39, 0.29) is 22.9 Å². The second-order valence-corrected chi connectivity index (χ2v) is 8.51. The molecular formula is C24H26N2O4. The number of anilines is 1. The number of phenols is 1. The fourth-order valence-corrected chi connectivity index (χ4v) is 4.99. The smallest absolute Gasteiger partial charge is 0.203 e. The zero-order chi connectivity index (χ0) is 20.8. The summed E-state index contributed by atoms with van der Waals surface area (Å²) >= 11 is 0. The van der Waals surface area contributed by atoms with Crippen LogP contribution in [-0.2, 0) is 4.79 Å². The molecule has 5 rings (SSSR count). The van der Waals surface area contributed by atoms with E-state index in [1.165, 1.54) is 0 Å². The zero-order valence-electron chi connectivity index (χ0n) is 16.9. The number of aliphatic hydroxyl groups excluding tert-OH is 1. The number of aromatic hydroxyl groups is 1. The summed E-state index contributed by atoms with van der Waals surface area (Å²) in [6.07, 6.45) is 8.39. The van der Waals surface area contributed by atoms with Crippen LogP contribution in [0.4, 0.5) is 5.69 Å². The first-order valence-electron chi connectivity index (χ1n) is 10.8. The molecule has 0 spiro atoms. The largest absolute Gasteiger partial charge is 0.848 e. The summed E-state index contributed by atoms with van der Waals surface area (Å²) in [7, 11) is 0. The van der Waals surface area contributed by atoms with E-state index in [4.69, 9.17) is 0 Å². The topological polar surface area (TPSA) is 86.8 Å². The Morgan fingerprint density at radius 1 is 1.03 bits per heavy atom. The third-order valence-corrected chi connectivity index (χ3v) is 6.70. The number of carbonyl (C=O) groups excluding carboxylic acids is 1. The number of aliphatic hydroxyl groups is 1. The van der Waals surface area contributed by atoms with Crippen LogP contribution in [0.2, 0.25) is 0 Å². The van der Waals surface area contributed by atoms with E-state index in [9.17, 15) is 20.1 Å². The summed E-state index contributed by atoms with van der Waals surface area (Å²) < 4.78 is 2.19. The van der Waals surface area contributed by atoms with Crippen molar-refractivity contribution < 1.29 is 24.7 Å². The van der Waals surface area contributed by atoms with E-state index in [1.54, 1.807) is 24.3 Å². The highest BCUT2D eigenvalue weighted by atomic mass is 16.3. The van der Waals surface area contributed by atoms with E-state index in [1.807, 2.05) is 12.1 Å². The lowest BCUT2D eigenvalue weighted by Gasteiger charge is -2.44. The van der Waals surface area contributed by atoms with Crippen LogP contribution in [0.3, 0.4) is 0 Å². The predicted octanol–water partition coefficient (Wildman–Crippen LogP) is 1.94. The number of carbonyl (C=O) groups is 1. The lowest BCUT2D eigenvalue weighted by atomic mass is 9.69. The van der Waals surface area contributed by atoms with Crippen molar-refractivity contribution in [1.82, 2.24) is 0 Å². The van der Waals surface area contributed by atoms with Gasteiger partial charge in [0.15, 0.2) is 5.78 Å². The summed E-state index contributed by atoms with van der Waals surface area (Å²) in [5.41, 5.74) is 2.62. The van der Waals surface area contributed by atoms with Gasteiger partial charge in [0.05, 0.1) is 6.08 Å². The second kappa shape index (κ2) is 7.43. The van der Waals surface area contributed by atoms with Crippen molar-refractivity contribution in [3.8, 4) is 5.75 Å². The van der Waals surface area contributed by atoms with Gasteiger partial charge in [-0.3, -0.25) is 4.79 Å². The summed E-state index contributed by atoms with van der Waals surface area (Å²) in [5, 5.41) is 34.0. The zero-order valence-corrected chi connectivity index (χ0v) is 16.9. The van der Waals surface area contributed by atoms with Gasteiger partial charge in [-0.1, -0.05) is 12.2 Å². The Kier molecular flexibility index (Phi) is 4.74. The molecule has 1 aromatic carbocycles. The maximum atomic E-state index is 12.9. The van der Waals surface area contributed by atoms with Crippen molar-refractivity contribution >= 4 is 17.2 Å². The standard InChI is InChI=1S/C24H25N2O4/c27-19-13-15(25-9-1-2-10-25)5-7-17(19)21-23(29)22(24(21)30)18-8-6-16(14-20(18)28)26-11-3-4-12-26/h5-8,13-14,21,23,27H,1-4,9-12H2/q-1/p+1. The van der Waals surface area contributed by atoms with Gasteiger partial charge in [0.1, 0.15) is 24.6 Å². The molecule has 2 atom stereocenters. The summed E-state index contributed by atoms with van der Waals surface area (Å²) in [5.74, 6) is -1.27. The SMILES string of the molecule is O=C1C(=C2C=CC(=[N+]3CCCC3)C=C2O)C([O-])C1c1ccc(N2CCCC2)cc1O. The van der Waals surface area contributed by atoms with Gasteiger partial charge in [0.25, 0.3) is 0 Å². The Bertz CT molecular complexity index is 1020. The van der Waals surface area contributed by atoms with Crippen molar-refractivity contribution in [1.29, 1.82) is 0 Å². The van der Waals surface area contributed by atoms with E-state index in [2.05, 4.69) is 9.48 Å². The maximum Gasteiger partial charge on any atom is 0.203 e. The van der Waals surface area contributed by atoms with Crippen LogP contribution in [0.25, 0.3) is 0 Å². The Hall–Kier alpha value is -2.86. The molecule has 0 radical (unpaired) electrons. The first-order valence-corrected chi connectivity index (χ1v) is 10.8. The van der Waals surface area contributed by atoms with E-state index >= 15 is 0 Å². The lowest BCUT2D eigenvalue weighted by Crippen LogP contribution is -2.52. The van der Waals surface area contributed by atoms with Crippen molar-refractivity contribution in [2.45, 2.75) is 37.7 Å². The van der Waals surface area contributed by atoms with E-state index in [0.717, 1.165) is 63.3 Å². The number of phenolic OH excluding ortho intramolecular Hbond substituents is 1. The van der Waals surface area contributed by atoms with Crippen LogP contribution in [0.1, 0.15) is 37.2 Å². The summed E-state index contributed by atoms with van der Waals surface area (Å²) in [6.45, 7) is 3.81. The molecule has 0 aromatic heterocycles. The molecule has 2 N–H and O–H groups in total. The number of ketones is 1. The van der Waals surface area contributed by atoms with E-state index < -0.39 is 12.0 Å². The van der Waals surface area contributed by atoms with Crippen LogP contribution in [0, 0.1) is 0 Å². The van der Waals surface area contributed by atoms with Gasteiger partial charge in [0, 0.05) is 60.8 Å². The van der Waals surface area contributed by atoms with Gasteiger partial charge in [-0.15, -0.1) is 0 Å². The van der Waals surface area contributed by atoms with Crippen molar-refractivity contribution in [3.63, 3.8) is 0 Å². The van der Waals surface area contributed by atoms with Gasteiger partial charge < -0.3 is 20.2 Å². The fraction of sp³-hybridized carbons (Fsp3) is 0.417. The van der Waals surface area contributed by atoms with Crippen molar-refractivity contribution in [3.05, 3.63) is 58.9 Å². The normalized spacial score (nSPS) is 28.9. The van der Waals surface area contributed by atoms with Crippen LogP contribution < -0.4 is 10.0 Å². The second-order valence-electron chi connectivity index (χ2n) is 8.51. The molecule has 0 bridgehead atoms. The molecule has 6 nitrogen and oxygen atoms in total. The number of hydrogen-bond acceptors (Lipinski definition) is 5. The van der Waals surface area contributed by atoms with Gasteiger partial charge in [-0.25, -0.2) is 4.58 Å². The minimum Gasteiger partial charge on any atom is -0.848 e. The third-order valence-electron chi connectivity index (χ3n) is 6.70. The van der Waals surface area contributed by atoms with Crippen LogP contribution in [-0.4, -0.2) is 58.6 Å². The molecule has 3 fully saturated rings. The Morgan fingerprint density at radius 3 is 2.40 bits per heavy atom. The minimum atomic E-state index is -1.30. The highest BCUT2D eigenvalue weighted by Crippen LogP contribution is 2.44. The van der Waals surface area contributed by atoms with Crippen molar-refractivity contribution in [2.24, 2.45) is 0 Å². The molecule has 156 valence electrons. The lowest BCUT2D eigenvalue weighted by molar-refractivity contribution is -0.504. The average Bonchev–Trinajstić information content (AvgIpc) is 3.45. The number of benzene rings is 1. The molecule has 2 saturated heterocycles. The quantitative estimate of drug-likeness (QED) is 0.579. The molecule has 1 aromatic rings. The average molecular weight is 406 g/mol. The van der Waals surface area contributed by atoms with Crippen LogP contribution in [0.5, 0.6) is 5.75 Å². The monoisotopic (exact) mass is 406 g/mol. The molecule has 6 heteroatoms. The van der Waals surface area contributed by atoms with Gasteiger partial charge in [-0.2, -0.15) is 0 Å². The number of Topliss-reactive ketones (excluding diaryl/α,β-unsaturated/α-hetero) is 1. The van der Waals surface area contributed by atoms with Gasteiger partial charge in [0.2, 0.25) is 5.71 Å². The van der Waals surface area contributed by atoms with Crippen LogP contribution in [0.15, 0.2) is 53.3 Å². The summed E-state index contributed by atoms with van der Waals surface area (Å²) in [6, 6.07) is 5.23. The molecular weight excluding hydrogens is 380 g/mol. The van der Waals surface area contributed by atoms with Gasteiger partial charge in [-0.05, 0) is 30.6 Å². The third kappa shape index (κ3) is 3.06. The van der Waals surface area contributed by atoms with Crippen molar-refractivity contribution in [2.75, 3.05) is 31.1 Å². The first kappa shape index (κ1) is 19.1. The highest BCUT2D eigenvalue weighted by Gasteiger charge is 2.42. The molecule has 1 saturated carbocycles. The fourth-order valence-electron chi connectivity index (χ4n) is 4.99. The number of allylic oxidation sites excluding steroid dienone is 3. The molecule has 0 amide bonds. The highest BCUT2D eigenvalue weighted by molar-refractivity contribution is 6.12. The number of nitrogens with zero attached hydrogens (tertiary/aromatic N) is 2. The van der Waals surface area contributed by atoms with Gasteiger partial charge >= 0.3 is 0 Å². The molecule has 2 unspecified atom stereocenters.